The second kappa shape index (κ2) is 9.31. The van der Waals surface area contributed by atoms with Crippen molar-refractivity contribution < 1.29 is 14.3 Å². The van der Waals surface area contributed by atoms with Gasteiger partial charge in [0, 0.05) is 12.2 Å². The summed E-state index contributed by atoms with van der Waals surface area (Å²) in [6.45, 7) is 3.18. The van der Waals surface area contributed by atoms with E-state index >= 15 is 0 Å². The number of rotatable bonds is 9. The van der Waals surface area contributed by atoms with Gasteiger partial charge in [0.15, 0.2) is 5.84 Å². The Labute approximate surface area is 119 Å². The number of unbranched alkanes of at least 4 members (excludes halogenated alkanes) is 4. The van der Waals surface area contributed by atoms with Crippen LogP contribution in [0.3, 0.4) is 0 Å². The van der Waals surface area contributed by atoms with Crippen LogP contribution in [0, 0.1) is 5.82 Å². The number of benzene rings is 1. The summed E-state index contributed by atoms with van der Waals surface area (Å²) in [4.78, 5) is 0. The minimum atomic E-state index is -0.421. The van der Waals surface area contributed by atoms with E-state index in [9.17, 15) is 4.39 Å². The lowest BCUT2D eigenvalue weighted by molar-refractivity contribution is 0.116. The van der Waals surface area contributed by atoms with Crippen LogP contribution in [0.4, 0.5) is 4.39 Å². The standard InChI is InChI=1S/C15H23FN2O2/c1-2-3-4-5-6-7-20-11-12-8-13(15(17)18-19)10-14(16)9-12/h8-10,19H,2-7,11H2,1H3,(H2,17,18). The minimum Gasteiger partial charge on any atom is -0.409 e. The Morgan fingerprint density at radius 1 is 1.25 bits per heavy atom. The molecule has 0 unspecified atom stereocenters. The fourth-order valence-electron chi connectivity index (χ4n) is 1.94. The zero-order chi connectivity index (χ0) is 14.8. The summed E-state index contributed by atoms with van der Waals surface area (Å²) in [5, 5.41) is 11.5. The topological polar surface area (TPSA) is 67.8 Å². The smallest absolute Gasteiger partial charge is 0.170 e. The quantitative estimate of drug-likeness (QED) is 0.240. The van der Waals surface area contributed by atoms with Crippen LogP contribution in [0.25, 0.3) is 0 Å². The lowest BCUT2D eigenvalue weighted by Gasteiger charge is -2.07. The van der Waals surface area contributed by atoms with Crippen LogP contribution < -0.4 is 5.73 Å². The summed E-state index contributed by atoms with van der Waals surface area (Å²) in [6.07, 6.45) is 5.88. The average molecular weight is 282 g/mol. The normalized spacial score (nSPS) is 11.8. The van der Waals surface area contributed by atoms with Gasteiger partial charge in [0.05, 0.1) is 6.61 Å². The number of amidine groups is 1. The maximum atomic E-state index is 13.4. The number of hydrogen-bond acceptors (Lipinski definition) is 3. The molecule has 1 aromatic rings. The molecule has 3 N–H and O–H groups in total. The van der Waals surface area contributed by atoms with Gasteiger partial charge in [-0.25, -0.2) is 4.39 Å². The Morgan fingerprint density at radius 3 is 2.70 bits per heavy atom. The molecule has 0 saturated heterocycles. The molecule has 112 valence electrons. The van der Waals surface area contributed by atoms with Crippen molar-refractivity contribution in [1.82, 2.24) is 0 Å². The van der Waals surface area contributed by atoms with Crippen LogP contribution in [0.1, 0.15) is 50.2 Å². The zero-order valence-corrected chi connectivity index (χ0v) is 11.9. The molecule has 5 heteroatoms. The van der Waals surface area contributed by atoms with Crippen molar-refractivity contribution in [2.45, 2.75) is 45.6 Å². The molecular formula is C15H23FN2O2. The molecule has 0 atom stereocenters. The second-order valence-corrected chi connectivity index (χ2v) is 4.80. The molecule has 0 spiro atoms. The highest BCUT2D eigenvalue weighted by molar-refractivity contribution is 5.97. The van der Waals surface area contributed by atoms with Crippen LogP contribution in [-0.2, 0) is 11.3 Å². The van der Waals surface area contributed by atoms with Crippen molar-refractivity contribution in [3.8, 4) is 0 Å². The summed E-state index contributed by atoms with van der Waals surface area (Å²) in [6, 6.07) is 4.28. The van der Waals surface area contributed by atoms with E-state index in [0.717, 1.165) is 12.8 Å². The highest BCUT2D eigenvalue weighted by Gasteiger charge is 2.05. The van der Waals surface area contributed by atoms with Crippen LogP contribution in [0.15, 0.2) is 23.4 Å². The number of nitrogens with zero attached hydrogens (tertiary/aromatic N) is 1. The van der Waals surface area contributed by atoms with E-state index in [1.807, 2.05) is 0 Å². The number of oxime groups is 1. The van der Waals surface area contributed by atoms with Crippen LogP contribution in [0.5, 0.6) is 0 Å². The highest BCUT2D eigenvalue weighted by Crippen LogP contribution is 2.11. The second-order valence-electron chi connectivity index (χ2n) is 4.80. The number of ether oxygens (including phenoxy) is 1. The van der Waals surface area contributed by atoms with Gasteiger partial charge < -0.3 is 15.7 Å². The van der Waals surface area contributed by atoms with Gasteiger partial charge >= 0.3 is 0 Å². The third-order valence-corrected chi connectivity index (χ3v) is 3.02. The molecule has 0 bridgehead atoms. The lowest BCUT2D eigenvalue weighted by Crippen LogP contribution is -2.14. The first-order valence-electron chi connectivity index (χ1n) is 7.02. The molecule has 0 aliphatic rings. The summed E-state index contributed by atoms with van der Waals surface area (Å²) in [7, 11) is 0. The third-order valence-electron chi connectivity index (χ3n) is 3.02. The predicted molar refractivity (Wildman–Crippen MR) is 77.3 cm³/mol. The molecule has 1 rings (SSSR count). The molecule has 20 heavy (non-hydrogen) atoms. The molecule has 0 aromatic heterocycles. The van der Waals surface area contributed by atoms with Crippen molar-refractivity contribution in [3.05, 3.63) is 35.1 Å². The molecule has 0 heterocycles. The van der Waals surface area contributed by atoms with E-state index in [0.29, 0.717) is 24.3 Å². The monoisotopic (exact) mass is 282 g/mol. The van der Waals surface area contributed by atoms with E-state index in [4.69, 9.17) is 15.7 Å². The first-order chi connectivity index (χ1) is 9.67. The van der Waals surface area contributed by atoms with Crippen molar-refractivity contribution in [2.75, 3.05) is 6.61 Å². The van der Waals surface area contributed by atoms with Crippen molar-refractivity contribution in [3.63, 3.8) is 0 Å². The zero-order valence-electron chi connectivity index (χ0n) is 11.9. The summed E-state index contributed by atoms with van der Waals surface area (Å²) >= 11 is 0. The molecule has 0 aliphatic carbocycles. The fraction of sp³-hybridized carbons (Fsp3) is 0.533. The Balaban J connectivity index is 2.38. The molecule has 0 amide bonds. The van der Waals surface area contributed by atoms with E-state index < -0.39 is 5.82 Å². The average Bonchev–Trinajstić information content (AvgIpc) is 2.45. The summed E-state index contributed by atoms with van der Waals surface area (Å²) in [5.74, 6) is -0.527. The van der Waals surface area contributed by atoms with Crippen molar-refractivity contribution in [2.24, 2.45) is 10.9 Å². The number of halogens is 1. The Kier molecular flexibility index (Phi) is 7.65. The van der Waals surface area contributed by atoms with E-state index in [2.05, 4.69) is 12.1 Å². The third kappa shape index (κ3) is 6.02. The van der Waals surface area contributed by atoms with Crippen LogP contribution >= 0.6 is 0 Å². The molecule has 0 radical (unpaired) electrons. The molecule has 1 aromatic carbocycles. The van der Waals surface area contributed by atoms with E-state index in [-0.39, 0.29) is 5.84 Å². The van der Waals surface area contributed by atoms with Crippen molar-refractivity contribution >= 4 is 5.84 Å². The first-order valence-corrected chi connectivity index (χ1v) is 7.02. The van der Waals surface area contributed by atoms with Gasteiger partial charge in [-0.3, -0.25) is 0 Å². The minimum absolute atomic E-state index is 0.106. The van der Waals surface area contributed by atoms with Crippen LogP contribution in [0.2, 0.25) is 0 Å². The molecule has 0 saturated carbocycles. The van der Waals surface area contributed by atoms with E-state index in [1.165, 1.54) is 31.4 Å². The molecule has 0 fully saturated rings. The molecule has 4 nitrogen and oxygen atoms in total. The van der Waals surface area contributed by atoms with Gasteiger partial charge in [-0.2, -0.15) is 0 Å². The Hall–Kier alpha value is -1.62. The largest absolute Gasteiger partial charge is 0.409 e. The first kappa shape index (κ1) is 16.4. The predicted octanol–water partition coefficient (Wildman–Crippen LogP) is 3.41. The van der Waals surface area contributed by atoms with Gasteiger partial charge in [-0.1, -0.05) is 37.8 Å². The molecule has 0 aliphatic heterocycles. The van der Waals surface area contributed by atoms with Gasteiger partial charge in [0.1, 0.15) is 5.82 Å². The summed E-state index contributed by atoms with van der Waals surface area (Å²) in [5.41, 5.74) is 6.48. The van der Waals surface area contributed by atoms with Gasteiger partial charge in [0.25, 0.3) is 0 Å². The fourth-order valence-corrected chi connectivity index (χ4v) is 1.94. The number of nitrogens with two attached hydrogens (primary N) is 1. The van der Waals surface area contributed by atoms with Gasteiger partial charge in [0.2, 0.25) is 0 Å². The Morgan fingerprint density at radius 2 is 2.00 bits per heavy atom. The summed E-state index contributed by atoms with van der Waals surface area (Å²) < 4.78 is 18.9. The number of hydrogen-bond donors (Lipinski definition) is 2. The van der Waals surface area contributed by atoms with Crippen LogP contribution in [-0.4, -0.2) is 17.6 Å². The van der Waals surface area contributed by atoms with Crippen molar-refractivity contribution in [1.29, 1.82) is 0 Å². The maximum absolute atomic E-state index is 13.4. The van der Waals surface area contributed by atoms with E-state index in [1.54, 1.807) is 6.07 Å². The highest BCUT2D eigenvalue weighted by atomic mass is 19.1. The SMILES string of the molecule is CCCCCCCOCc1cc(F)cc(/C(N)=N/O)c1. The lowest BCUT2D eigenvalue weighted by atomic mass is 10.1. The molecular weight excluding hydrogens is 259 g/mol. The maximum Gasteiger partial charge on any atom is 0.170 e. The van der Waals surface area contributed by atoms with Gasteiger partial charge in [-0.15, -0.1) is 0 Å². The van der Waals surface area contributed by atoms with Gasteiger partial charge in [-0.05, 0) is 30.2 Å². The Bertz CT molecular complexity index is 436.